The summed E-state index contributed by atoms with van der Waals surface area (Å²) in [5.41, 5.74) is 1.50. The molecule has 2 aromatic rings. The lowest BCUT2D eigenvalue weighted by atomic mass is 9.87. The van der Waals surface area contributed by atoms with E-state index in [9.17, 15) is 4.79 Å². The van der Waals surface area contributed by atoms with E-state index in [2.05, 4.69) is 10.3 Å². The van der Waals surface area contributed by atoms with E-state index in [4.69, 9.17) is 14.2 Å². The minimum absolute atomic E-state index is 0.114. The van der Waals surface area contributed by atoms with Crippen molar-refractivity contribution in [1.82, 2.24) is 10.3 Å². The van der Waals surface area contributed by atoms with Gasteiger partial charge < -0.3 is 19.5 Å². The number of hydrogen-bond acceptors (Lipinski definition) is 5. The van der Waals surface area contributed by atoms with Crippen LogP contribution in [0, 0.1) is 5.92 Å². The summed E-state index contributed by atoms with van der Waals surface area (Å²) in [7, 11) is 3.13. The van der Waals surface area contributed by atoms with Gasteiger partial charge in [0, 0.05) is 37.2 Å². The molecule has 0 radical (unpaired) electrons. The first kappa shape index (κ1) is 18.2. The van der Waals surface area contributed by atoms with Gasteiger partial charge >= 0.3 is 0 Å². The number of hydrogen-bond donors (Lipinski definition) is 1. The number of carbonyl (C=O) groups excluding carboxylic acids is 1. The number of aromatic nitrogens is 1. The Labute approximate surface area is 153 Å². The number of carbonyl (C=O) groups is 1. The molecule has 6 nitrogen and oxygen atoms in total. The van der Waals surface area contributed by atoms with Crippen LogP contribution in [-0.4, -0.2) is 38.3 Å². The SMILES string of the molecule is COc1cc(OC)cc(C(=O)NC(c2cccnc2)C2CCOCC2)c1. The molecular weight excluding hydrogens is 332 g/mol. The van der Waals surface area contributed by atoms with Gasteiger partial charge in [-0.2, -0.15) is 0 Å². The Bertz CT molecular complexity index is 708. The number of pyridine rings is 1. The van der Waals surface area contributed by atoms with Gasteiger partial charge in [-0.3, -0.25) is 9.78 Å². The van der Waals surface area contributed by atoms with E-state index < -0.39 is 0 Å². The van der Waals surface area contributed by atoms with Crippen molar-refractivity contribution in [3.8, 4) is 11.5 Å². The molecule has 1 unspecified atom stereocenters. The monoisotopic (exact) mass is 356 g/mol. The molecule has 1 N–H and O–H groups in total. The molecule has 26 heavy (non-hydrogen) atoms. The van der Waals surface area contributed by atoms with Gasteiger partial charge in [0.15, 0.2) is 0 Å². The van der Waals surface area contributed by atoms with Gasteiger partial charge in [-0.15, -0.1) is 0 Å². The average Bonchev–Trinajstić information content (AvgIpc) is 2.72. The van der Waals surface area contributed by atoms with Crippen LogP contribution in [0.25, 0.3) is 0 Å². The number of methoxy groups -OCH3 is 2. The maximum absolute atomic E-state index is 12.9. The van der Waals surface area contributed by atoms with E-state index >= 15 is 0 Å². The first-order valence-corrected chi connectivity index (χ1v) is 8.73. The molecule has 1 saturated heterocycles. The number of ether oxygens (including phenoxy) is 3. The van der Waals surface area contributed by atoms with Crippen LogP contribution in [0.15, 0.2) is 42.7 Å². The van der Waals surface area contributed by atoms with Gasteiger partial charge in [-0.25, -0.2) is 0 Å². The zero-order valence-electron chi connectivity index (χ0n) is 15.1. The Morgan fingerprint density at radius 3 is 2.46 bits per heavy atom. The lowest BCUT2D eigenvalue weighted by Crippen LogP contribution is -2.36. The molecule has 1 amide bonds. The number of benzene rings is 1. The standard InChI is InChI=1S/C20H24N2O4/c1-24-17-10-16(11-18(12-17)25-2)20(23)22-19(14-5-8-26-9-6-14)15-4-3-7-21-13-15/h3-4,7,10-14,19H,5-6,8-9H2,1-2H3,(H,22,23). The first-order chi connectivity index (χ1) is 12.7. The van der Waals surface area contributed by atoms with Crippen molar-refractivity contribution in [3.63, 3.8) is 0 Å². The summed E-state index contributed by atoms with van der Waals surface area (Å²) in [5, 5.41) is 3.18. The summed E-state index contributed by atoms with van der Waals surface area (Å²) in [6.07, 6.45) is 5.36. The summed E-state index contributed by atoms with van der Waals surface area (Å²) >= 11 is 0. The highest BCUT2D eigenvalue weighted by molar-refractivity contribution is 5.95. The number of amides is 1. The molecule has 0 saturated carbocycles. The molecular formula is C20H24N2O4. The third kappa shape index (κ3) is 4.32. The van der Waals surface area contributed by atoms with Crippen LogP contribution in [-0.2, 0) is 4.74 Å². The van der Waals surface area contributed by atoms with Crippen LogP contribution in [0.4, 0.5) is 0 Å². The molecule has 138 valence electrons. The predicted octanol–water partition coefficient (Wildman–Crippen LogP) is 3.00. The van der Waals surface area contributed by atoms with Crippen LogP contribution in [0.5, 0.6) is 11.5 Å². The fourth-order valence-electron chi connectivity index (χ4n) is 3.25. The van der Waals surface area contributed by atoms with Crippen molar-refractivity contribution in [2.45, 2.75) is 18.9 Å². The highest BCUT2D eigenvalue weighted by Crippen LogP contribution is 2.30. The Morgan fingerprint density at radius 2 is 1.88 bits per heavy atom. The van der Waals surface area contributed by atoms with Crippen LogP contribution in [0.3, 0.4) is 0 Å². The number of nitrogens with zero attached hydrogens (tertiary/aromatic N) is 1. The van der Waals surface area contributed by atoms with Crippen molar-refractivity contribution in [3.05, 3.63) is 53.9 Å². The third-order valence-corrected chi connectivity index (χ3v) is 4.68. The van der Waals surface area contributed by atoms with Gasteiger partial charge in [-0.05, 0) is 42.5 Å². The zero-order valence-corrected chi connectivity index (χ0v) is 15.1. The summed E-state index contributed by atoms with van der Waals surface area (Å²) in [5.74, 6) is 1.31. The van der Waals surface area contributed by atoms with E-state index in [1.807, 2.05) is 18.3 Å². The fourth-order valence-corrected chi connectivity index (χ4v) is 3.25. The van der Waals surface area contributed by atoms with Crippen molar-refractivity contribution in [2.24, 2.45) is 5.92 Å². The molecule has 1 aliphatic heterocycles. The van der Waals surface area contributed by atoms with Gasteiger partial charge in [0.25, 0.3) is 5.91 Å². The minimum atomic E-state index is -0.164. The normalized spacial score (nSPS) is 15.9. The van der Waals surface area contributed by atoms with Crippen LogP contribution >= 0.6 is 0 Å². The smallest absolute Gasteiger partial charge is 0.252 e. The topological polar surface area (TPSA) is 69.7 Å². The maximum atomic E-state index is 12.9. The largest absolute Gasteiger partial charge is 0.497 e. The Morgan fingerprint density at radius 1 is 1.19 bits per heavy atom. The van der Waals surface area contributed by atoms with Crippen molar-refractivity contribution in [2.75, 3.05) is 27.4 Å². The van der Waals surface area contributed by atoms with E-state index in [1.54, 1.807) is 38.6 Å². The predicted molar refractivity (Wildman–Crippen MR) is 97.5 cm³/mol. The summed E-state index contributed by atoms with van der Waals surface area (Å²) in [6, 6.07) is 8.94. The highest BCUT2D eigenvalue weighted by atomic mass is 16.5. The molecule has 1 fully saturated rings. The third-order valence-electron chi connectivity index (χ3n) is 4.68. The fraction of sp³-hybridized carbons (Fsp3) is 0.400. The maximum Gasteiger partial charge on any atom is 0.252 e. The van der Waals surface area contributed by atoms with E-state index in [0.717, 1.165) is 18.4 Å². The first-order valence-electron chi connectivity index (χ1n) is 8.73. The molecule has 6 heteroatoms. The molecule has 0 aliphatic carbocycles. The molecule has 1 atom stereocenters. The average molecular weight is 356 g/mol. The quantitative estimate of drug-likeness (QED) is 0.862. The zero-order chi connectivity index (χ0) is 18.4. The van der Waals surface area contributed by atoms with Crippen LogP contribution in [0.1, 0.15) is 34.8 Å². The van der Waals surface area contributed by atoms with Crippen LogP contribution < -0.4 is 14.8 Å². The Balaban J connectivity index is 1.85. The van der Waals surface area contributed by atoms with E-state index in [1.165, 1.54) is 0 Å². The van der Waals surface area contributed by atoms with Gasteiger partial charge in [0.1, 0.15) is 11.5 Å². The van der Waals surface area contributed by atoms with Gasteiger partial charge in [0.2, 0.25) is 0 Å². The molecule has 1 aliphatic rings. The van der Waals surface area contributed by atoms with Gasteiger partial charge in [0.05, 0.1) is 20.3 Å². The molecule has 2 heterocycles. The van der Waals surface area contributed by atoms with Crippen molar-refractivity contribution in [1.29, 1.82) is 0 Å². The molecule has 0 spiro atoms. The second-order valence-electron chi connectivity index (χ2n) is 6.29. The number of nitrogens with one attached hydrogen (secondary N) is 1. The van der Waals surface area contributed by atoms with Crippen molar-refractivity contribution >= 4 is 5.91 Å². The highest BCUT2D eigenvalue weighted by Gasteiger charge is 2.27. The summed E-state index contributed by atoms with van der Waals surface area (Å²) in [4.78, 5) is 17.1. The molecule has 1 aromatic carbocycles. The minimum Gasteiger partial charge on any atom is -0.497 e. The molecule has 0 bridgehead atoms. The van der Waals surface area contributed by atoms with Gasteiger partial charge in [-0.1, -0.05) is 6.07 Å². The summed E-state index contributed by atoms with van der Waals surface area (Å²) < 4.78 is 16.0. The van der Waals surface area contributed by atoms with Crippen molar-refractivity contribution < 1.29 is 19.0 Å². The van der Waals surface area contributed by atoms with E-state index in [0.29, 0.717) is 36.2 Å². The Hall–Kier alpha value is -2.60. The molecule has 1 aromatic heterocycles. The Kier molecular flexibility index (Phi) is 6.07. The number of rotatable bonds is 6. The second-order valence-corrected chi connectivity index (χ2v) is 6.29. The lowest BCUT2D eigenvalue weighted by molar-refractivity contribution is 0.0513. The van der Waals surface area contributed by atoms with E-state index in [-0.39, 0.29) is 11.9 Å². The lowest BCUT2D eigenvalue weighted by Gasteiger charge is -2.31. The summed E-state index contributed by atoms with van der Waals surface area (Å²) in [6.45, 7) is 1.43. The van der Waals surface area contributed by atoms with Crippen LogP contribution in [0.2, 0.25) is 0 Å². The second kappa shape index (κ2) is 8.67. The molecule has 3 rings (SSSR count).